The van der Waals surface area contributed by atoms with Gasteiger partial charge in [0, 0.05) is 24.5 Å². The van der Waals surface area contributed by atoms with Crippen LogP contribution < -0.4 is 14.8 Å². The third-order valence-electron chi connectivity index (χ3n) is 5.33. The molecule has 0 aliphatic carbocycles. The zero-order valence-corrected chi connectivity index (χ0v) is 21.7. The molecule has 2 rings (SSSR count). The van der Waals surface area contributed by atoms with E-state index in [9.17, 15) is 9.59 Å². The predicted octanol–water partition coefficient (Wildman–Crippen LogP) is 5.26. The molecule has 2 aromatic rings. The molecule has 0 saturated carbocycles. The number of benzene rings is 2. The molecule has 0 heterocycles. The molecule has 2 aromatic carbocycles. The highest BCUT2D eigenvalue weighted by molar-refractivity contribution is 6.30. The van der Waals surface area contributed by atoms with Crippen LogP contribution in [0, 0.1) is 5.92 Å². The maximum atomic E-state index is 13.3. The van der Waals surface area contributed by atoms with E-state index >= 15 is 0 Å². The van der Waals surface area contributed by atoms with Gasteiger partial charge in [-0.15, -0.1) is 0 Å². The van der Waals surface area contributed by atoms with Crippen LogP contribution in [0.2, 0.25) is 5.02 Å². The van der Waals surface area contributed by atoms with Gasteiger partial charge in [0.25, 0.3) is 0 Å². The Balaban J connectivity index is 2.17. The van der Waals surface area contributed by atoms with Crippen molar-refractivity contribution in [2.75, 3.05) is 19.8 Å². The molecule has 0 aromatic heterocycles. The van der Waals surface area contributed by atoms with Gasteiger partial charge >= 0.3 is 0 Å². The number of hydrogen-bond donors (Lipinski definition) is 1. The van der Waals surface area contributed by atoms with E-state index in [-0.39, 0.29) is 18.2 Å². The molecule has 1 atom stereocenters. The van der Waals surface area contributed by atoms with Crippen LogP contribution >= 0.6 is 11.6 Å². The van der Waals surface area contributed by atoms with E-state index < -0.39 is 6.04 Å². The van der Waals surface area contributed by atoms with Crippen molar-refractivity contribution in [2.24, 2.45) is 5.92 Å². The topological polar surface area (TPSA) is 67.9 Å². The van der Waals surface area contributed by atoms with Crippen LogP contribution in [0.5, 0.6) is 11.5 Å². The number of rotatable bonds is 13. The van der Waals surface area contributed by atoms with Crippen LogP contribution in [-0.2, 0) is 22.6 Å². The van der Waals surface area contributed by atoms with Crippen LogP contribution in [0.15, 0.2) is 42.5 Å². The first-order chi connectivity index (χ1) is 16.2. The number of amides is 2. The van der Waals surface area contributed by atoms with Crippen molar-refractivity contribution in [3.05, 3.63) is 58.6 Å². The first-order valence-corrected chi connectivity index (χ1v) is 12.3. The predicted molar refractivity (Wildman–Crippen MR) is 136 cm³/mol. The summed E-state index contributed by atoms with van der Waals surface area (Å²) in [6.07, 6.45) is 0.791. The van der Waals surface area contributed by atoms with Crippen molar-refractivity contribution in [1.29, 1.82) is 0 Å². The summed E-state index contributed by atoms with van der Waals surface area (Å²) < 4.78 is 11.3. The molecule has 0 bridgehead atoms. The van der Waals surface area contributed by atoms with E-state index in [0.29, 0.717) is 55.2 Å². The molecular weight excluding hydrogens is 452 g/mol. The molecule has 0 spiro atoms. The van der Waals surface area contributed by atoms with Crippen molar-refractivity contribution >= 4 is 23.4 Å². The highest BCUT2D eigenvalue weighted by Gasteiger charge is 2.26. The van der Waals surface area contributed by atoms with Crippen LogP contribution in [0.3, 0.4) is 0 Å². The van der Waals surface area contributed by atoms with Gasteiger partial charge in [0.05, 0.1) is 13.2 Å². The van der Waals surface area contributed by atoms with Gasteiger partial charge in [-0.05, 0) is 68.5 Å². The highest BCUT2D eigenvalue weighted by atomic mass is 35.5. The molecule has 2 amide bonds. The molecule has 1 unspecified atom stereocenters. The van der Waals surface area contributed by atoms with E-state index in [4.69, 9.17) is 21.1 Å². The second-order valence-corrected chi connectivity index (χ2v) is 9.05. The van der Waals surface area contributed by atoms with Gasteiger partial charge in [-0.3, -0.25) is 9.59 Å². The molecule has 0 aliphatic heterocycles. The number of hydrogen-bond acceptors (Lipinski definition) is 4. The van der Waals surface area contributed by atoms with Crippen LogP contribution in [0.1, 0.15) is 52.2 Å². The minimum Gasteiger partial charge on any atom is -0.490 e. The molecule has 0 fully saturated rings. The van der Waals surface area contributed by atoms with Gasteiger partial charge < -0.3 is 19.7 Å². The maximum Gasteiger partial charge on any atom is 0.242 e. The number of carbonyl (C=O) groups excluding carboxylic acids is 2. The zero-order valence-electron chi connectivity index (χ0n) is 20.9. The molecule has 0 saturated heterocycles. The second-order valence-electron chi connectivity index (χ2n) is 8.61. The Morgan fingerprint density at radius 2 is 1.68 bits per heavy atom. The summed E-state index contributed by atoms with van der Waals surface area (Å²) in [6.45, 7) is 11.6. The quantitative estimate of drug-likeness (QED) is 0.417. The number of nitrogens with one attached hydrogen (secondary N) is 1. The van der Waals surface area contributed by atoms with Crippen molar-refractivity contribution in [2.45, 2.75) is 60.0 Å². The standard InChI is InChI=1S/C27H37ClN2O4/c1-6-33-24-13-11-21(16-25(24)34-7-2)12-14-26(31)30(18-22-9-8-10-23(28)15-22)20(5)27(32)29-17-19(3)4/h8-11,13,15-16,19-20H,6-7,12,14,17-18H2,1-5H3,(H,29,32). The summed E-state index contributed by atoms with van der Waals surface area (Å²) >= 11 is 6.15. The molecule has 6 nitrogen and oxygen atoms in total. The number of ether oxygens (including phenoxy) is 2. The summed E-state index contributed by atoms with van der Waals surface area (Å²) in [5, 5.41) is 3.54. The summed E-state index contributed by atoms with van der Waals surface area (Å²) in [6, 6.07) is 12.5. The van der Waals surface area contributed by atoms with E-state index in [1.807, 2.05) is 64.1 Å². The van der Waals surface area contributed by atoms with Crippen molar-refractivity contribution in [1.82, 2.24) is 10.2 Å². The van der Waals surface area contributed by atoms with E-state index in [2.05, 4.69) is 5.32 Å². The summed E-state index contributed by atoms with van der Waals surface area (Å²) in [5.41, 5.74) is 1.85. The minimum absolute atomic E-state index is 0.0981. The highest BCUT2D eigenvalue weighted by Crippen LogP contribution is 2.29. The van der Waals surface area contributed by atoms with Gasteiger partial charge in [-0.1, -0.05) is 43.6 Å². The van der Waals surface area contributed by atoms with Gasteiger partial charge in [0.2, 0.25) is 11.8 Å². The van der Waals surface area contributed by atoms with E-state index in [1.54, 1.807) is 17.9 Å². The van der Waals surface area contributed by atoms with Crippen LogP contribution in [0.4, 0.5) is 0 Å². The van der Waals surface area contributed by atoms with E-state index in [0.717, 1.165) is 11.1 Å². The Bertz CT molecular complexity index is 948. The molecule has 0 radical (unpaired) electrons. The fourth-order valence-corrected chi connectivity index (χ4v) is 3.73. The summed E-state index contributed by atoms with van der Waals surface area (Å²) in [5.74, 6) is 1.43. The van der Waals surface area contributed by atoms with Gasteiger partial charge in [-0.25, -0.2) is 0 Å². The van der Waals surface area contributed by atoms with Crippen molar-refractivity contribution in [3.63, 3.8) is 0 Å². The van der Waals surface area contributed by atoms with E-state index in [1.165, 1.54) is 0 Å². The average molecular weight is 489 g/mol. The Morgan fingerprint density at radius 3 is 2.32 bits per heavy atom. The lowest BCUT2D eigenvalue weighted by Gasteiger charge is -2.29. The molecular formula is C27H37ClN2O4. The van der Waals surface area contributed by atoms with Gasteiger partial charge in [0.1, 0.15) is 6.04 Å². The Hall–Kier alpha value is -2.73. The lowest BCUT2D eigenvalue weighted by atomic mass is 10.1. The van der Waals surface area contributed by atoms with Crippen LogP contribution in [0.25, 0.3) is 0 Å². The second kappa shape index (κ2) is 13.9. The molecule has 34 heavy (non-hydrogen) atoms. The van der Waals surface area contributed by atoms with Crippen LogP contribution in [-0.4, -0.2) is 42.5 Å². The normalized spacial score (nSPS) is 11.7. The van der Waals surface area contributed by atoms with Crippen molar-refractivity contribution in [3.8, 4) is 11.5 Å². The summed E-state index contributed by atoms with van der Waals surface area (Å²) in [7, 11) is 0. The lowest BCUT2D eigenvalue weighted by Crippen LogP contribution is -2.48. The smallest absolute Gasteiger partial charge is 0.242 e. The lowest BCUT2D eigenvalue weighted by molar-refractivity contribution is -0.140. The fraction of sp³-hybridized carbons (Fsp3) is 0.481. The Kier molecular flexibility index (Phi) is 11.2. The number of carbonyl (C=O) groups is 2. The largest absolute Gasteiger partial charge is 0.490 e. The Labute approximate surface area is 208 Å². The van der Waals surface area contributed by atoms with Gasteiger partial charge in [0.15, 0.2) is 11.5 Å². The number of nitrogens with zero attached hydrogens (tertiary/aromatic N) is 1. The average Bonchev–Trinajstić information content (AvgIpc) is 2.80. The first-order valence-electron chi connectivity index (χ1n) is 11.9. The monoisotopic (exact) mass is 488 g/mol. The molecule has 7 heteroatoms. The third kappa shape index (κ3) is 8.56. The number of halogens is 1. The fourth-order valence-electron chi connectivity index (χ4n) is 3.51. The molecule has 1 N–H and O–H groups in total. The maximum absolute atomic E-state index is 13.3. The SMILES string of the molecule is CCOc1ccc(CCC(=O)N(Cc2cccc(Cl)c2)C(C)C(=O)NCC(C)C)cc1OCC. The molecule has 186 valence electrons. The summed E-state index contributed by atoms with van der Waals surface area (Å²) in [4.78, 5) is 27.7. The van der Waals surface area contributed by atoms with Crippen molar-refractivity contribution < 1.29 is 19.1 Å². The number of aryl methyl sites for hydroxylation is 1. The zero-order chi connectivity index (χ0) is 25.1. The first kappa shape index (κ1) is 27.5. The van der Waals surface area contributed by atoms with Gasteiger partial charge in [-0.2, -0.15) is 0 Å². The third-order valence-corrected chi connectivity index (χ3v) is 5.56. The Morgan fingerprint density at radius 1 is 0.971 bits per heavy atom. The molecule has 0 aliphatic rings. The minimum atomic E-state index is -0.607.